The lowest BCUT2D eigenvalue weighted by atomic mass is 9.43. The van der Waals surface area contributed by atoms with E-state index in [9.17, 15) is 29.7 Å². The Balaban J connectivity index is 1.62. The second kappa shape index (κ2) is 8.43. The Bertz CT molecular complexity index is 1000. The molecule has 0 aromatic rings. The molecule has 0 amide bonds. The molecule has 9 heteroatoms. The number of ether oxygens (including phenoxy) is 3. The zero-order valence-electron chi connectivity index (χ0n) is 21.6. The number of hydrogen-bond acceptors (Lipinski definition) is 8. The molecule has 0 radical (unpaired) electrons. The third-order valence-electron chi connectivity index (χ3n) is 10.6. The summed E-state index contributed by atoms with van der Waals surface area (Å²) in [5.74, 6) is -1.75. The van der Waals surface area contributed by atoms with E-state index in [1.54, 1.807) is 20.8 Å². The molecule has 0 spiro atoms. The summed E-state index contributed by atoms with van der Waals surface area (Å²) in [6.07, 6.45) is -2.06. The van der Waals surface area contributed by atoms with Crippen LogP contribution in [0.3, 0.4) is 0 Å². The van der Waals surface area contributed by atoms with E-state index in [0.717, 1.165) is 19.1 Å². The average molecular weight is 507 g/mol. The number of aliphatic hydroxyl groups is 2. The maximum atomic E-state index is 13.8. The number of allylic oxidation sites excluding steroid dienone is 1. The Morgan fingerprint density at radius 1 is 1.17 bits per heavy atom. The van der Waals surface area contributed by atoms with Gasteiger partial charge in [-0.1, -0.05) is 18.9 Å². The first-order valence-electron chi connectivity index (χ1n) is 13.0. The SMILES string of the molecule is CO[C@H]1[C@@H](O)[C@H](O)[C@H](OCC23C[C@@H]4[C@H](C)CC[C@H]4C4(C=O)C[C@@H]2C(=O)C(=C(C)C)[C@]43C(=O)O)O[C@@H]1C. The highest BCUT2D eigenvalue weighted by Gasteiger charge is 2.87. The summed E-state index contributed by atoms with van der Waals surface area (Å²) in [7, 11) is 1.42. The fourth-order valence-corrected chi connectivity index (χ4v) is 9.33. The Kier molecular flexibility index (Phi) is 6.08. The molecule has 2 unspecified atom stereocenters. The molecule has 4 bridgehead atoms. The normalized spacial score (nSPS) is 51.4. The lowest BCUT2D eigenvalue weighted by Gasteiger charge is -2.57. The zero-order chi connectivity index (χ0) is 26.4. The molecule has 9 nitrogen and oxygen atoms in total. The summed E-state index contributed by atoms with van der Waals surface area (Å²) in [4.78, 5) is 40.3. The number of methoxy groups -OCH3 is 1. The number of hydrogen-bond donors (Lipinski definition) is 3. The quantitative estimate of drug-likeness (QED) is 0.363. The van der Waals surface area contributed by atoms with Crippen LogP contribution in [0.4, 0.5) is 0 Å². The number of carbonyl (C=O) groups excluding carboxylic acids is 2. The average Bonchev–Trinajstić information content (AvgIpc) is 3.35. The molecule has 4 saturated carbocycles. The molecular weight excluding hydrogens is 468 g/mol. The van der Waals surface area contributed by atoms with Crippen LogP contribution in [0.15, 0.2) is 11.1 Å². The number of aliphatic carboxylic acids is 1. The third kappa shape index (κ3) is 2.81. The minimum atomic E-state index is -1.70. The van der Waals surface area contributed by atoms with Crippen molar-refractivity contribution < 1.29 is 43.9 Å². The second-order valence-electron chi connectivity index (χ2n) is 12.1. The topological polar surface area (TPSA) is 140 Å². The lowest BCUT2D eigenvalue weighted by molar-refractivity contribution is -0.306. The molecular formula is C27H38O9. The van der Waals surface area contributed by atoms with Gasteiger partial charge in [0, 0.05) is 24.0 Å². The summed E-state index contributed by atoms with van der Waals surface area (Å²) in [5.41, 5.74) is -3.19. The van der Waals surface area contributed by atoms with Gasteiger partial charge in [-0.25, -0.2) is 0 Å². The van der Waals surface area contributed by atoms with E-state index in [1.165, 1.54) is 7.11 Å². The molecule has 36 heavy (non-hydrogen) atoms. The third-order valence-corrected chi connectivity index (χ3v) is 10.6. The summed E-state index contributed by atoms with van der Waals surface area (Å²) >= 11 is 0. The molecule has 1 aliphatic heterocycles. The van der Waals surface area contributed by atoms with Gasteiger partial charge in [-0.15, -0.1) is 0 Å². The van der Waals surface area contributed by atoms with Gasteiger partial charge >= 0.3 is 5.97 Å². The minimum absolute atomic E-state index is 0.0974. The van der Waals surface area contributed by atoms with E-state index in [0.29, 0.717) is 17.9 Å². The van der Waals surface area contributed by atoms with Crippen LogP contribution in [-0.4, -0.2) is 77.8 Å². The fraction of sp³-hybridized carbons (Fsp3) is 0.815. The number of aldehydes is 1. The van der Waals surface area contributed by atoms with Crippen molar-refractivity contribution in [2.45, 2.75) is 84.1 Å². The second-order valence-corrected chi connectivity index (χ2v) is 12.1. The molecule has 4 aliphatic carbocycles. The van der Waals surface area contributed by atoms with Crippen LogP contribution in [0.5, 0.6) is 0 Å². The largest absolute Gasteiger partial charge is 0.481 e. The van der Waals surface area contributed by atoms with Crippen LogP contribution >= 0.6 is 0 Å². The highest BCUT2D eigenvalue weighted by molar-refractivity contribution is 6.13. The number of carboxylic acid groups (broad SMARTS) is 1. The monoisotopic (exact) mass is 506 g/mol. The van der Waals surface area contributed by atoms with Crippen molar-refractivity contribution in [2.75, 3.05) is 13.7 Å². The first-order chi connectivity index (χ1) is 16.9. The van der Waals surface area contributed by atoms with Crippen molar-refractivity contribution in [3.05, 3.63) is 11.1 Å². The predicted octanol–water partition coefficient (Wildman–Crippen LogP) is 1.73. The minimum Gasteiger partial charge on any atom is -0.481 e. The Labute approximate surface area is 211 Å². The van der Waals surface area contributed by atoms with Gasteiger partial charge in [-0.05, 0) is 57.8 Å². The number of carboxylic acids is 1. The molecule has 200 valence electrons. The molecule has 5 fully saturated rings. The molecule has 1 heterocycles. The lowest BCUT2D eigenvalue weighted by Crippen LogP contribution is -2.64. The number of ketones is 1. The van der Waals surface area contributed by atoms with Crippen LogP contribution in [0, 0.1) is 39.9 Å². The number of aliphatic hydroxyl groups excluding tert-OH is 2. The molecule has 0 aromatic heterocycles. The van der Waals surface area contributed by atoms with E-state index < -0.39 is 58.8 Å². The number of rotatable bonds is 6. The van der Waals surface area contributed by atoms with Crippen molar-refractivity contribution in [1.82, 2.24) is 0 Å². The number of fused-ring (bicyclic) bond motifs is 2. The van der Waals surface area contributed by atoms with E-state index in [2.05, 4.69) is 6.92 Å². The van der Waals surface area contributed by atoms with Gasteiger partial charge in [-0.2, -0.15) is 0 Å². The van der Waals surface area contributed by atoms with Crippen molar-refractivity contribution in [2.24, 2.45) is 39.9 Å². The smallest absolute Gasteiger partial charge is 0.315 e. The van der Waals surface area contributed by atoms with Gasteiger partial charge in [0.2, 0.25) is 0 Å². The molecule has 12 atom stereocenters. The number of Topliss-reactive ketones (excluding diaryl/α,β-unsaturated/α-hetero) is 1. The van der Waals surface area contributed by atoms with E-state index in [-0.39, 0.29) is 36.2 Å². The predicted molar refractivity (Wildman–Crippen MR) is 126 cm³/mol. The first-order valence-corrected chi connectivity index (χ1v) is 13.0. The number of carbonyl (C=O) groups is 3. The molecule has 1 saturated heterocycles. The van der Waals surface area contributed by atoms with Gasteiger partial charge in [0.05, 0.1) is 18.1 Å². The zero-order valence-corrected chi connectivity index (χ0v) is 21.6. The summed E-state index contributed by atoms with van der Waals surface area (Å²) in [6, 6.07) is 0. The maximum absolute atomic E-state index is 13.8. The molecule has 5 rings (SSSR count). The van der Waals surface area contributed by atoms with Crippen LogP contribution in [-0.2, 0) is 28.6 Å². The van der Waals surface area contributed by atoms with Crippen LogP contribution in [0.1, 0.15) is 53.4 Å². The van der Waals surface area contributed by atoms with Crippen LogP contribution < -0.4 is 0 Å². The van der Waals surface area contributed by atoms with E-state index in [4.69, 9.17) is 14.2 Å². The van der Waals surface area contributed by atoms with Crippen LogP contribution in [0.25, 0.3) is 0 Å². The van der Waals surface area contributed by atoms with E-state index >= 15 is 0 Å². The van der Waals surface area contributed by atoms with Gasteiger partial charge in [-0.3, -0.25) is 9.59 Å². The standard InChI is InChI=1S/C27H38O9/c1-12(2)18-19(29)17-9-25(10-28)16-7-6-13(3)15(16)8-26(17,27(18,25)24(32)33)11-35-23-21(31)20(30)22(34-5)14(4)36-23/h10,13-17,20-23,30-31H,6-9,11H2,1-5H3,(H,32,33)/t13-,14-,15-,16-,17-,20+,21+,22-,23-,25?,26?,27+/m1/s1. The van der Waals surface area contributed by atoms with Crippen molar-refractivity contribution in [1.29, 1.82) is 0 Å². The Morgan fingerprint density at radius 2 is 1.86 bits per heavy atom. The fourth-order valence-electron chi connectivity index (χ4n) is 9.33. The van der Waals surface area contributed by atoms with Crippen molar-refractivity contribution in [3.8, 4) is 0 Å². The molecule has 3 N–H and O–H groups in total. The van der Waals surface area contributed by atoms with Crippen molar-refractivity contribution in [3.63, 3.8) is 0 Å². The van der Waals surface area contributed by atoms with Gasteiger partial charge in [0.1, 0.15) is 30.0 Å². The summed E-state index contributed by atoms with van der Waals surface area (Å²) in [5, 5.41) is 32.3. The highest BCUT2D eigenvalue weighted by atomic mass is 16.7. The Morgan fingerprint density at radius 3 is 2.44 bits per heavy atom. The van der Waals surface area contributed by atoms with Crippen molar-refractivity contribution >= 4 is 18.0 Å². The van der Waals surface area contributed by atoms with Crippen LogP contribution in [0.2, 0.25) is 0 Å². The van der Waals surface area contributed by atoms with Gasteiger partial charge < -0.3 is 34.3 Å². The summed E-state index contributed by atoms with van der Waals surface area (Å²) < 4.78 is 17.2. The molecule has 0 aromatic carbocycles. The first kappa shape index (κ1) is 26.0. The maximum Gasteiger partial charge on any atom is 0.315 e. The molecule has 5 aliphatic rings. The highest BCUT2D eigenvalue weighted by Crippen LogP contribution is 2.83. The Hall–Kier alpha value is -1.65. The summed E-state index contributed by atoms with van der Waals surface area (Å²) in [6.45, 7) is 7.15. The van der Waals surface area contributed by atoms with Gasteiger partial charge in [0.15, 0.2) is 12.1 Å². The van der Waals surface area contributed by atoms with E-state index in [1.807, 2.05) is 0 Å². The van der Waals surface area contributed by atoms with Gasteiger partial charge in [0.25, 0.3) is 0 Å².